The van der Waals surface area contributed by atoms with Gasteiger partial charge in [0.25, 0.3) is 7.82 Å². The van der Waals surface area contributed by atoms with E-state index in [2.05, 4.69) is 55.6 Å². The fourth-order valence-corrected chi connectivity index (χ4v) is 7.20. The van der Waals surface area contributed by atoms with Crippen molar-refractivity contribution < 1.29 is 32.9 Å². The molecule has 0 saturated carbocycles. The molecule has 0 saturated heterocycles. The summed E-state index contributed by atoms with van der Waals surface area (Å²) in [7, 11) is 1.23. The maximum absolute atomic E-state index is 12.8. The van der Waals surface area contributed by atoms with Crippen LogP contribution in [0.2, 0.25) is 0 Å². The Morgan fingerprint density at radius 2 is 1.05 bits per heavy atom. The first-order valence-corrected chi connectivity index (χ1v) is 25.0. The molecule has 3 unspecified atom stereocenters. The van der Waals surface area contributed by atoms with E-state index in [4.69, 9.17) is 9.05 Å². The Morgan fingerprint density at radius 3 is 1.58 bits per heavy atom. The third kappa shape index (κ3) is 42.4. The number of unbranched alkanes of at least 4 members (excludes halogenated alkanes) is 23. The number of aliphatic hydroxyl groups is 1. The number of allylic oxidation sites excluding steroid dienone is 7. The van der Waals surface area contributed by atoms with Gasteiger partial charge >= 0.3 is 0 Å². The average molecular weight is 823 g/mol. The summed E-state index contributed by atoms with van der Waals surface area (Å²) in [6.07, 6.45) is 50.2. The van der Waals surface area contributed by atoms with E-state index in [1.807, 2.05) is 27.2 Å². The molecule has 334 valence electrons. The van der Waals surface area contributed by atoms with Crippen molar-refractivity contribution in [1.29, 1.82) is 0 Å². The monoisotopic (exact) mass is 823 g/mol. The number of hydrogen-bond acceptors (Lipinski definition) is 6. The van der Waals surface area contributed by atoms with E-state index < -0.39 is 26.6 Å². The minimum atomic E-state index is -4.60. The quantitative estimate of drug-likeness (QED) is 0.0275. The van der Waals surface area contributed by atoms with E-state index in [1.54, 1.807) is 6.08 Å². The van der Waals surface area contributed by atoms with Crippen LogP contribution >= 0.6 is 7.82 Å². The molecule has 0 aliphatic rings. The molecule has 3 atom stereocenters. The predicted molar refractivity (Wildman–Crippen MR) is 242 cm³/mol. The number of hydrogen-bond donors (Lipinski definition) is 2. The van der Waals surface area contributed by atoms with Gasteiger partial charge in [-0.3, -0.25) is 9.36 Å². The Bertz CT molecular complexity index is 1070. The van der Waals surface area contributed by atoms with Gasteiger partial charge in [-0.05, 0) is 57.8 Å². The van der Waals surface area contributed by atoms with Crippen molar-refractivity contribution in [2.45, 2.75) is 212 Å². The van der Waals surface area contributed by atoms with Crippen LogP contribution in [0.5, 0.6) is 0 Å². The number of quaternary nitrogens is 1. The molecular weight excluding hydrogens is 732 g/mol. The first-order valence-electron chi connectivity index (χ1n) is 23.5. The third-order valence-corrected chi connectivity index (χ3v) is 11.2. The van der Waals surface area contributed by atoms with Crippen LogP contribution in [-0.4, -0.2) is 68.5 Å². The van der Waals surface area contributed by atoms with Crippen molar-refractivity contribution in [2.24, 2.45) is 0 Å². The highest BCUT2D eigenvalue weighted by Gasteiger charge is 2.23. The molecule has 8 nitrogen and oxygen atoms in total. The second-order valence-electron chi connectivity index (χ2n) is 17.1. The van der Waals surface area contributed by atoms with Crippen LogP contribution in [0.3, 0.4) is 0 Å². The molecule has 0 aliphatic carbocycles. The van der Waals surface area contributed by atoms with Crippen LogP contribution in [-0.2, 0) is 18.4 Å². The standard InChI is InChI=1S/C48H91N2O6P/c1-6-8-10-12-14-16-18-20-22-23-24-25-26-27-28-29-31-33-35-37-39-41-47(51)46(45-56-57(53,54)55-44-43-50(3,4)5)49-48(52)42-40-38-36-34-32-30-21-19-17-15-13-11-9-7-2/h13,15,19,21,31,33,39,41,46-47,51H,6-12,14,16-18,20,22-30,32,34-38,40,42-45H2,1-5H3,(H-,49,52,53,54)/b15-13-,21-19-,33-31+,41-39+. The number of likely N-dealkylation sites (N-methyl/N-ethyl adjacent to an activating group) is 1. The molecule has 2 N–H and O–H groups in total. The molecule has 0 heterocycles. The lowest BCUT2D eigenvalue weighted by molar-refractivity contribution is -0.870. The molecule has 57 heavy (non-hydrogen) atoms. The summed E-state index contributed by atoms with van der Waals surface area (Å²) in [6.45, 7) is 4.57. The van der Waals surface area contributed by atoms with E-state index >= 15 is 0 Å². The van der Waals surface area contributed by atoms with Crippen LogP contribution in [0.15, 0.2) is 48.6 Å². The molecule has 0 aromatic rings. The average Bonchev–Trinajstić information content (AvgIpc) is 3.16. The molecule has 0 bridgehead atoms. The second kappa shape index (κ2) is 39.9. The number of phosphoric acid groups is 1. The molecular formula is C48H91N2O6P. The zero-order chi connectivity index (χ0) is 42.1. The van der Waals surface area contributed by atoms with Crippen molar-refractivity contribution in [3.05, 3.63) is 48.6 Å². The number of carbonyl (C=O) groups excluding carboxylic acids is 1. The Labute approximate surface area is 352 Å². The van der Waals surface area contributed by atoms with E-state index in [0.717, 1.165) is 64.2 Å². The van der Waals surface area contributed by atoms with Crippen LogP contribution in [0, 0.1) is 0 Å². The molecule has 0 rings (SSSR count). The molecule has 9 heteroatoms. The van der Waals surface area contributed by atoms with Crippen LogP contribution in [0.4, 0.5) is 0 Å². The summed E-state index contributed by atoms with van der Waals surface area (Å²) in [6, 6.07) is -0.910. The van der Waals surface area contributed by atoms with Crippen LogP contribution in [0.25, 0.3) is 0 Å². The Balaban J connectivity index is 4.43. The summed E-state index contributed by atoms with van der Waals surface area (Å²) in [5, 5.41) is 13.8. The summed E-state index contributed by atoms with van der Waals surface area (Å²) in [5.74, 6) is -0.223. The lowest BCUT2D eigenvalue weighted by Crippen LogP contribution is -2.45. The van der Waals surface area contributed by atoms with Crippen molar-refractivity contribution in [3.63, 3.8) is 0 Å². The van der Waals surface area contributed by atoms with Crippen LogP contribution in [0.1, 0.15) is 200 Å². The van der Waals surface area contributed by atoms with Gasteiger partial charge in [-0.2, -0.15) is 0 Å². The largest absolute Gasteiger partial charge is 0.756 e. The van der Waals surface area contributed by atoms with Gasteiger partial charge in [-0.25, -0.2) is 0 Å². The summed E-state index contributed by atoms with van der Waals surface area (Å²) < 4.78 is 23.2. The van der Waals surface area contributed by atoms with E-state index in [-0.39, 0.29) is 12.5 Å². The number of nitrogens with one attached hydrogen (secondary N) is 1. The van der Waals surface area contributed by atoms with Crippen LogP contribution < -0.4 is 10.2 Å². The van der Waals surface area contributed by atoms with Gasteiger partial charge in [0.15, 0.2) is 0 Å². The maximum atomic E-state index is 12.8. The second-order valence-corrected chi connectivity index (χ2v) is 18.5. The van der Waals surface area contributed by atoms with E-state index in [1.165, 1.54) is 116 Å². The topological polar surface area (TPSA) is 108 Å². The first kappa shape index (κ1) is 55.5. The van der Waals surface area contributed by atoms with E-state index in [0.29, 0.717) is 17.4 Å². The molecule has 0 radical (unpaired) electrons. The van der Waals surface area contributed by atoms with Crippen molar-refractivity contribution in [2.75, 3.05) is 40.9 Å². The van der Waals surface area contributed by atoms with E-state index in [9.17, 15) is 19.4 Å². The smallest absolute Gasteiger partial charge is 0.268 e. The van der Waals surface area contributed by atoms with Gasteiger partial charge in [0, 0.05) is 6.42 Å². The summed E-state index contributed by atoms with van der Waals surface area (Å²) in [5.41, 5.74) is 0. The number of amides is 1. The Morgan fingerprint density at radius 1 is 0.614 bits per heavy atom. The molecule has 0 aromatic heterocycles. The zero-order valence-electron chi connectivity index (χ0n) is 37.8. The SMILES string of the molecule is CCCC/C=C\C/C=C\CCCCCCCC(=O)NC(COP(=O)([O-])OCC[N+](C)(C)C)C(O)/C=C/CC/C=C/CCCCCCCCCCCCCCCCC. The minimum Gasteiger partial charge on any atom is -0.756 e. The number of aliphatic hydroxyl groups excluding tert-OH is 1. The van der Waals surface area contributed by atoms with Gasteiger partial charge in [0.05, 0.1) is 39.9 Å². The molecule has 0 fully saturated rings. The maximum Gasteiger partial charge on any atom is 0.268 e. The number of phosphoric ester groups is 1. The number of carbonyl (C=O) groups is 1. The Hall–Kier alpha value is -1.54. The van der Waals surface area contributed by atoms with Gasteiger partial charge in [-0.1, -0.05) is 184 Å². The highest BCUT2D eigenvalue weighted by atomic mass is 31.2. The fraction of sp³-hybridized carbons (Fsp3) is 0.812. The molecule has 1 amide bonds. The first-order chi connectivity index (χ1) is 27.5. The highest BCUT2D eigenvalue weighted by molar-refractivity contribution is 7.45. The minimum absolute atomic E-state index is 0.0104. The van der Waals surface area contributed by atoms with Gasteiger partial charge < -0.3 is 28.8 Å². The van der Waals surface area contributed by atoms with Crippen molar-refractivity contribution >= 4 is 13.7 Å². The van der Waals surface area contributed by atoms with Gasteiger partial charge in [-0.15, -0.1) is 0 Å². The van der Waals surface area contributed by atoms with Crippen molar-refractivity contribution in [3.8, 4) is 0 Å². The molecule has 0 aliphatic heterocycles. The summed E-state index contributed by atoms with van der Waals surface area (Å²) in [4.78, 5) is 25.3. The number of nitrogens with zero attached hydrogens (tertiary/aromatic N) is 1. The van der Waals surface area contributed by atoms with Gasteiger partial charge in [0.1, 0.15) is 13.2 Å². The fourth-order valence-electron chi connectivity index (χ4n) is 6.48. The zero-order valence-corrected chi connectivity index (χ0v) is 38.7. The Kier molecular flexibility index (Phi) is 38.8. The lowest BCUT2D eigenvalue weighted by atomic mass is 10.0. The van der Waals surface area contributed by atoms with Gasteiger partial charge in [0.2, 0.25) is 5.91 Å². The normalized spacial score (nSPS) is 14.7. The summed E-state index contributed by atoms with van der Waals surface area (Å²) >= 11 is 0. The van der Waals surface area contributed by atoms with Crippen molar-refractivity contribution in [1.82, 2.24) is 5.32 Å². The molecule has 0 spiro atoms. The molecule has 0 aromatic carbocycles. The highest BCUT2D eigenvalue weighted by Crippen LogP contribution is 2.38. The predicted octanol–water partition coefficient (Wildman–Crippen LogP) is 12.6. The third-order valence-electron chi connectivity index (χ3n) is 10.3. The lowest BCUT2D eigenvalue weighted by Gasteiger charge is -2.29. The number of rotatable bonds is 42.